The molecule has 1 fully saturated rings. The van der Waals surface area contributed by atoms with E-state index in [2.05, 4.69) is 5.32 Å². The van der Waals surface area contributed by atoms with E-state index in [9.17, 15) is 4.79 Å². The Morgan fingerprint density at radius 1 is 1.52 bits per heavy atom. The molecule has 0 radical (unpaired) electrons. The SMILES string of the molecule is CCNC1(C(N)=O)CCCC1CCOc1cccc(C)c1. The summed E-state index contributed by atoms with van der Waals surface area (Å²) in [7, 11) is 0. The minimum absolute atomic E-state index is 0.220. The van der Waals surface area contributed by atoms with E-state index in [1.807, 2.05) is 38.1 Å². The molecule has 2 atom stereocenters. The molecule has 4 heteroatoms. The van der Waals surface area contributed by atoms with E-state index in [1.54, 1.807) is 0 Å². The summed E-state index contributed by atoms with van der Waals surface area (Å²) < 4.78 is 5.82. The van der Waals surface area contributed by atoms with Crippen molar-refractivity contribution >= 4 is 5.91 Å². The van der Waals surface area contributed by atoms with Gasteiger partial charge in [-0.05, 0) is 56.3 Å². The van der Waals surface area contributed by atoms with Crippen molar-refractivity contribution in [3.8, 4) is 5.75 Å². The van der Waals surface area contributed by atoms with Crippen LogP contribution in [0.5, 0.6) is 5.75 Å². The molecule has 0 aliphatic heterocycles. The number of nitrogens with one attached hydrogen (secondary N) is 1. The van der Waals surface area contributed by atoms with Crippen molar-refractivity contribution in [2.75, 3.05) is 13.2 Å². The van der Waals surface area contributed by atoms with Crippen LogP contribution in [0.15, 0.2) is 24.3 Å². The number of rotatable bonds is 7. The second-order valence-electron chi connectivity index (χ2n) is 5.91. The van der Waals surface area contributed by atoms with Gasteiger partial charge in [-0.3, -0.25) is 4.79 Å². The lowest BCUT2D eigenvalue weighted by atomic mass is 9.84. The Morgan fingerprint density at radius 3 is 3.00 bits per heavy atom. The van der Waals surface area contributed by atoms with Gasteiger partial charge in [0.1, 0.15) is 11.3 Å². The smallest absolute Gasteiger partial charge is 0.238 e. The average Bonchev–Trinajstić information content (AvgIpc) is 2.84. The van der Waals surface area contributed by atoms with E-state index >= 15 is 0 Å². The first-order valence-corrected chi connectivity index (χ1v) is 7.83. The van der Waals surface area contributed by atoms with E-state index < -0.39 is 5.54 Å². The molecule has 1 saturated carbocycles. The second-order valence-corrected chi connectivity index (χ2v) is 5.91. The van der Waals surface area contributed by atoms with Gasteiger partial charge in [-0.2, -0.15) is 0 Å². The fraction of sp³-hybridized carbons (Fsp3) is 0.588. The highest BCUT2D eigenvalue weighted by Gasteiger charge is 2.46. The number of likely N-dealkylation sites (N-methyl/N-ethyl adjacent to an activating group) is 1. The van der Waals surface area contributed by atoms with Gasteiger partial charge in [-0.25, -0.2) is 0 Å². The molecule has 1 aromatic carbocycles. The molecule has 0 bridgehead atoms. The zero-order valence-corrected chi connectivity index (χ0v) is 13.0. The zero-order chi connectivity index (χ0) is 15.3. The third-order valence-corrected chi connectivity index (χ3v) is 4.48. The van der Waals surface area contributed by atoms with Crippen LogP contribution in [0.3, 0.4) is 0 Å². The summed E-state index contributed by atoms with van der Waals surface area (Å²) in [6.45, 7) is 5.45. The molecule has 4 nitrogen and oxygen atoms in total. The van der Waals surface area contributed by atoms with Crippen LogP contribution in [0.4, 0.5) is 0 Å². The van der Waals surface area contributed by atoms with Crippen molar-refractivity contribution in [3.05, 3.63) is 29.8 Å². The first-order valence-electron chi connectivity index (χ1n) is 7.83. The van der Waals surface area contributed by atoms with Crippen LogP contribution in [0.2, 0.25) is 0 Å². The minimum atomic E-state index is -0.537. The molecule has 0 heterocycles. The maximum atomic E-state index is 11.9. The standard InChI is InChI=1S/C17H26N2O2/c1-3-19-17(16(18)20)10-5-7-14(17)9-11-21-15-8-4-6-13(2)12-15/h4,6,8,12,14,19H,3,5,7,9-11H2,1-2H3,(H2,18,20). The molecule has 21 heavy (non-hydrogen) atoms. The average molecular weight is 290 g/mol. The number of amides is 1. The molecule has 1 aliphatic carbocycles. The van der Waals surface area contributed by atoms with Crippen LogP contribution >= 0.6 is 0 Å². The van der Waals surface area contributed by atoms with Gasteiger partial charge >= 0.3 is 0 Å². The van der Waals surface area contributed by atoms with E-state index in [-0.39, 0.29) is 11.8 Å². The number of carbonyl (C=O) groups is 1. The predicted octanol–water partition coefficient (Wildman–Crippen LogP) is 2.40. The van der Waals surface area contributed by atoms with Gasteiger partial charge < -0.3 is 15.8 Å². The van der Waals surface area contributed by atoms with Gasteiger partial charge in [-0.1, -0.05) is 25.5 Å². The van der Waals surface area contributed by atoms with E-state index in [1.165, 1.54) is 5.56 Å². The summed E-state index contributed by atoms with van der Waals surface area (Å²) in [5, 5.41) is 3.34. The summed E-state index contributed by atoms with van der Waals surface area (Å²) in [6, 6.07) is 8.03. The van der Waals surface area contributed by atoms with Crippen LogP contribution in [0.1, 0.15) is 38.2 Å². The van der Waals surface area contributed by atoms with E-state index in [4.69, 9.17) is 10.5 Å². The monoisotopic (exact) mass is 290 g/mol. The lowest BCUT2D eigenvalue weighted by Gasteiger charge is -2.33. The fourth-order valence-electron chi connectivity index (χ4n) is 3.45. The highest BCUT2D eigenvalue weighted by atomic mass is 16.5. The first kappa shape index (κ1) is 15.8. The van der Waals surface area contributed by atoms with Crippen LogP contribution in [-0.4, -0.2) is 24.6 Å². The second kappa shape index (κ2) is 6.94. The number of benzene rings is 1. The Morgan fingerprint density at radius 2 is 2.33 bits per heavy atom. The molecule has 1 amide bonds. The summed E-state index contributed by atoms with van der Waals surface area (Å²) in [4.78, 5) is 11.9. The zero-order valence-electron chi connectivity index (χ0n) is 13.0. The largest absolute Gasteiger partial charge is 0.494 e. The number of hydrogen-bond donors (Lipinski definition) is 2. The van der Waals surface area contributed by atoms with E-state index in [0.29, 0.717) is 6.61 Å². The van der Waals surface area contributed by atoms with Gasteiger partial charge in [0.15, 0.2) is 0 Å². The van der Waals surface area contributed by atoms with Crippen LogP contribution in [0.25, 0.3) is 0 Å². The van der Waals surface area contributed by atoms with Crippen molar-refractivity contribution in [2.24, 2.45) is 11.7 Å². The highest BCUT2D eigenvalue weighted by Crippen LogP contribution is 2.37. The lowest BCUT2D eigenvalue weighted by Crippen LogP contribution is -2.58. The van der Waals surface area contributed by atoms with Crippen molar-refractivity contribution < 1.29 is 9.53 Å². The predicted molar refractivity (Wildman–Crippen MR) is 84.2 cm³/mol. The third kappa shape index (κ3) is 3.56. The highest BCUT2D eigenvalue weighted by molar-refractivity contribution is 5.85. The van der Waals surface area contributed by atoms with Crippen LogP contribution in [-0.2, 0) is 4.79 Å². The Bertz CT molecular complexity index is 489. The molecule has 1 aromatic rings. The number of primary amides is 1. The molecular formula is C17H26N2O2. The fourth-order valence-corrected chi connectivity index (χ4v) is 3.45. The molecular weight excluding hydrogens is 264 g/mol. The number of hydrogen-bond acceptors (Lipinski definition) is 3. The van der Waals surface area contributed by atoms with Crippen molar-refractivity contribution in [1.29, 1.82) is 0 Å². The van der Waals surface area contributed by atoms with Gasteiger partial charge in [0.2, 0.25) is 5.91 Å². The maximum absolute atomic E-state index is 11.9. The Labute approximate surface area is 127 Å². The van der Waals surface area contributed by atoms with Gasteiger partial charge in [0, 0.05) is 0 Å². The topological polar surface area (TPSA) is 64.3 Å². The Hall–Kier alpha value is -1.55. The molecule has 0 saturated heterocycles. The Kier molecular flexibility index (Phi) is 5.23. The minimum Gasteiger partial charge on any atom is -0.494 e. The molecule has 0 aromatic heterocycles. The van der Waals surface area contributed by atoms with Crippen molar-refractivity contribution in [2.45, 2.75) is 45.1 Å². The molecule has 1 aliphatic rings. The number of nitrogens with two attached hydrogens (primary N) is 1. The Balaban J connectivity index is 1.93. The molecule has 2 rings (SSSR count). The summed E-state index contributed by atoms with van der Waals surface area (Å²) in [5.41, 5.74) is 6.32. The quantitative estimate of drug-likeness (QED) is 0.810. The molecule has 3 N–H and O–H groups in total. The summed E-state index contributed by atoms with van der Waals surface area (Å²) in [5.74, 6) is 0.934. The van der Waals surface area contributed by atoms with Gasteiger partial charge in [0.05, 0.1) is 6.61 Å². The van der Waals surface area contributed by atoms with Crippen LogP contribution in [0, 0.1) is 12.8 Å². The van der Waals surface area contributed by atoms with Crippen molar-refractivity contribution in [1.82, 2.24) is 5.32 Å². The van der Waals surface area contributed by atoms with Crippen molar-refractivity contribution in [3.63, 3.8) is 0 Å². The lowest BCUT2D eigenvalue weighted by molar-refractivity contribution is -0.126. The number of ether oxygens (including phenoxy) is 1. The molecule has 0 spiro atoms. The van der Waals surface area contributed by atoms with E-state index in [0.717, 1.165) is 38.0 Å². The number of carbonyl (C=O) groups excluding carboxylic acids is 1. The third-order valence-electron chi connectivity index (χ3n) is 4.48. The van der Waals surface area contributed by atoms with Crippen LogP contribution < -0.4 is 15.8 Å². The first-order chi connectivity index (χ1) is 10.1. The summed E-state index contributed by atoms with van der Waals surface area (Å²) in [6.07, 6.45) is 3.77. The molecule has 2 unspecified atom stereocenters. The maximum Gasteiger partial charge on any atom is 0.238 e. The normalized spacial score (nSPS) is 25.0. The summed E-state index contributed by atoms with van der Waals surface area (Å²) >= 11 is 0. The van der Waals surface area contributed by atoms with Gasteiger partial charge in [0.25, 0.3) is 0 Å². The van der Waals surface area contributed by atoms with Gasteiger partial charge in [-0.15, -0.1) is 0 Å². The number of aryl methyl sites for hydroxylation is 1. The molecule has 116 valence electrons.